The number of alkyl halides is 1. The van der Waals surface area contributed by atoms with Crippen LogP contribution in [0.4, 0.5) is 0 Å². The minimum Gasteiger partial charge on any atom is -0.280 e. The quantitative estimate of drug-likeness (QED) is 0.685. The molecule has 0 saturated carbocycles. The normalized spacial score (nSPS) is 11.2. The van der Waals surface area contributed by atoms with Gasteiger partial charge in [-0.05, 0) is 43.2 Å². The van der Waals surface area contributed by atoms with E-state index in [-0.39, 0.29) is 0 Å². The number of hydrogen-bond donors (Lipinski definition) is 0. The molecule has 0 atom stereocenters. The van der Waals surface area contributed by atoms with Crippen molar-refractivity contribution < 1.29 is 0 Å². The fourth-order valence-electron chi connectivity index (χ4n) is 2.44. The largest absolute Gasteiger partial charge is 0.280 e. The molecular formula is C16H16ClN3. The first-order chi connectivity index (χ1) is 9.72. The van der Waals surface area contributed by atoms with Gasteiger partial charge in [0.05, 0.1) is 5.69 Å². The lowest BCUT2D eigenvalue weighted by molar-refractivity contribution is 0.898. The minimum atomic E-state index is 0.550. The molecule has 3 nitrogen and oxygen atoms in total. The first kappa shape index (κ1) is 13.1. The van der Waals surface area contributed by atoms with Crippen LogP contribution in [-0.2, 0) is 6.42 Å². The highest BCUT2D eigenvalue weighted by Crippen LogP contribution is 2.24. The van der Waals surface area contributed by atoms with Crippen molar-refractivity contribution in [1.29, 1.82) is 0 Å². The van der Waals surface area contributed by atoms with Crippen molar-refractivity contribution in [1.82, 2.24) is 14.5 Å². The Hall–Kier alpha value is -1.87. The van der Waals surface area contributed by atoms with E-state index in [1.807, 2.05) is 12.1 Å². The molecule has 0 aliphatic rings. The minimum absolute atomic E-state index is 0.550. The summed E-state index contributed by atoms with van der Waals surface area (Å²) in [5, 5.41) is 0. The van der Waals surface area contributed by atoms with Crippen molar-refractivity contribution in [2.75, 3.05) is 5.88 Å². The Balaban J connectivity index is 2.33. The molecule has 3 aromatic rings. The van der Waals surface area contributed by atoms with Gasteiger partial charge in [-0.2, -0.15) is 0 Å². The van der Waals surface area contributed by atoms with E-state index in [0.717, 1.165) is 29.1 Å². The van der Waals surface area contributed by atoms with Gasteiger partial charge in [0.25, 0.3) is 0 Å². The first-order valence-corrected chi connectivity index (χ1v) is 7.20. The molecule has 2 aromatic heterocycles. The lowest BCUT2D eigenvalue weighted by Crippen LogP contribution is -2.05. The predicted octanol–water partition coefficient (Wildman–Crippen LogP) is 3.82. The molecule has 102 valence electrons. The molecule has 2 heterocycles. The molecule has 0 spiro atoms. The average Bonchev–Trinajstić information content (AvgIpc) is 2.80. The number of imidazole rings is 1. The zero-order valence-electron chi connectivity index (χ0n) is 11.6. The lowest BCUT2D eigenvalue weighted by atomic mass is 10.1. The second-order valence-electron chi connectivity index (χ2n) is 4.87. The van der Waals surface area contributed by atoms with Crippen LogP contribution in [0.15, 0.2) is 36.5 Å². The molecule has 1 aromatic carbocycles. The van der Waals surface area contributed by atoms with E-state index < -0.39 is 0 Å². The third-order valence-corrected chi connectivity index (χ3v) is 3.81. The van der Waals surface area contributed by atoms with E-state index in [1.165, 1.54) is 11.1 Å². The molecule has 0 amide bonds. The average molecular weight is 286 g/mol. The fourth-order valence-corrected chi connectivity index (χ4v) is 2.61. The van der Waals surface area contributed by atoms with Crippen LogP contribution in [0, 0.1) is 13.8 Å². The van der Waals surface area contributed by atoms with Gasteiger partial charge in [0, 0.05) is 18.5 Å². The predicted molar refractivity (Wildman–Crippen MR) is 82.8 cm³/mol. The van der Waals surface area contributed by atoms with Gasteiger partial charge in [0.15, 0.2) is 5.65 Å². The maximum absolute atomic E-state index is 5.92. The number of hydrogen-bond acceptors (Lipinski definition) is 2. The maximum Gasteiger partial charge on any atom is 0.164 e. The molecule has 0 unspecified atom stereocenters. The second-order valence-corrected chi connectivity index (χ2v) is 5.25. The summed E-state index contributed by atoms with van der Waals surface area (Å²) < 4.78 is 2.13. The molecule has 3 rings (SSSR count). The molecule has 0 bridgehead atoms. The molecule has 4 heteroatoms. The summed E-state index contributed by atoms with van der Waals surface area (Å²) in [6.07, 6.45) is 2.53. The highest BCUT2D eigenvalue weighted by molar-refractivity contribution is 6.17. The molecule has 0 radical (unpaired) electrons. The van der Waals surface area contributed by atoms with Crippen molar-refractivity contribution in [2.24, 2.45) is 0 Å². The number of rotatable bonds is 3. The number of halogens is 1. The Kier molecular flexibility index (Phi) is 3.45. The molecule has 0 saturated heterocycles. The van der Waals surface area contributed by atoms with E-state index in [9.17, 15) is 0 Å². The number of aryl methyl sites for hydroxylation is 2. The standard InChI is InChI=1S/C16H16ClN3/c1-11-5-3-7-14(12(11)2)20-15(8-9-17)19-13-6-4-10-18-16(13)20/h3-7,10H,8-9H2,1-2H3. The Morgan fingerprint density at radius 2 is 2.00 bits per heavy atom. The number of pyridine rings is 1. The molecular weight excluding hydrogens is 270 g/mol. The highest BCUT2D eigenvalue weighted by Gasteiger charge is 2.14. The van der Waals surface area contributed by atoms with Crippen LogP contribution in [-0.4, -0.2) is 20.4 Å². The van der Waals surface area contributed by atoms with Crippen molar-refractivity contribution >= 4 is 22.8 Å². The number of benzene rings is 1. The first-order valence-electron chi connectivity index (χ1n) is 6.67. The fraction of sp³-hybridized carbons (Fsp3) is 0.250. The van der Waals surface area contributed by atoms with Crippen molar-refractivity contribution in [3.8, 4) is 5.69 Å². The molecule has 0 fully saturated rings. The summed E-state index contributed by atoms with van der Waals surface area (Å²) in [5.41, 5.74) is 5.44. The van der Waals surface area contributed by atoms with Gasteiger partial charge in [-0.1, -0.05) is 12.1 Å². The van der Waals surface area contributed by atoms with Gasteiger partial charge in [-0.15, -0.1) is 11.6 Å². The summed E-state index contributed by atoms with van der Waals surface area (Å²) in [5.74, 6) is 1.51. The Morgan fingerprint density at radius 1 is 1.15 bits per heavy atom. The monoisotopic (exact) mass is 285 g/mol. The van der Waals surface area contributed by atoms with Crippen LogP contribution in [0.1, 0.15) is 17.0 Å². The molecule has 0 N–H and O–H groups in total. The third-order valence-electron chi connectivity index (χ3n) is 3.62. The second kappa shape index (κ2) is 5.25. The zero-order chi connectivity index (χ0) is 14.1. The van der Waals surface area contributed by atoms with Gasteiger partial charge in [0.2, 0.25) is 0 Å². The molecule has 0 aliphatic heterocycles. The smallest absolute Gasteiger partial charge is 0.164 e. The van der Waals surface area contributed by atoms with E-state index in [4.69, 9.17) is 11.6 Å². The molecule has 20 heavy (non-hydrogen) atoms. The van der Waals surface area contributed by atoms with E-state index in [0.29, 0.717) is 5.88 Å². The summed E-state index contributed by atoms with van der Waals surface area (Å²) >= 11 is 5.92. The van der Waals surface area contributed by atoms with Crippen molar-refractivity contribution in [3.63, 3.8) is 0 Å². The Morgan fingerprint density at radius 3 is 2.80 bits per heavy atom. The van der Waals surface area contributed by atoms with Gasteiger partial charge >= 0.3 is 0 Å². The topological polar surface area (TPSA) is 30.7 Å². The Labute approximate surface area is 123 Å². The van der Waals surface area contributed by atoms with Crippen LogP contribution in [0.5, 0.6) is 0 Å². The van der Waals surface area contributed by atoms with Gasteiger partial charge in [-0.3, -0.25) is 4.57 Å². The number of aromatic nitrogens is 3. The zero-order valence-corrected chi connectivity index (χ0v) is 12.4. The van der Waals surface area contributed by atoms with Crippen molar-refractivity contribution in [2.45, 2.75) is 20.3 Å². The van der Waals surface area contributed by atoms with Crippen LogP contribution in [0.3, 0.4) is 0 Å². The molecule has 0 aliphatic carbocycles. The summed E-state index contributed by atoms with van der Waals surface area (Å²) in [4.78, 5) is 9.15. The van der Waals surface area contributed by atoms with Gasteiger partial charge < -0.3 is 0 Å². The maximum atomic E-state index is 5.92. The highest BCUT2D eigenvalue weighted by atomic mass is 35.5. The van der Waals surface area contributed by atoms with Crippen LogP contribution in [0.25, 0.3) is 16.9 Å². The van der Waals surface area contributed by atoms with E-state index >= 15 is 0 Å². The Bertz CT molecular complexity index is 762. The van der Waals surface area contributed by atoms with Gasteiger partial charge in [-0.25, -0.2) is 9.97 Å². The summed E-state index contributed by atoms with van der Waals surface area (Å²) in [6.45, 7) is 4.25. The summed E-state index contributed by atoms with van der Waals surface area (Å²) in [6, 6.07) is 10.2. The lowest BCUT2D eigenvalue weighted by Gasteiger charge is -2.12. The van der Waals surface area contributed by atoms with Crippen molar-refractivity contribution in [3.05, 3.63) is 53.5 Å². The number of fused-ring (bicyclic) bond motifs is 1. The SMILES string of the molecule is Cc1cccc(-n2c(CCCl)nc3cccnc32)c1C. The number of nitrogens with zero attached hydrogens (tertiary/aromatic N) is 3. The van der Waals surface area contributed by atoms with E-state index in [1.54, 1.807) is 6.20 Å². The summed E-state index contributed by atoms with van der Waals surface area (Å²) in [7, 11) is 0. The van der Waals surface area contributed by atoms with Crippen LogP contribution >= 0.6 is 11.6 Å². The van der Waals surface area contributed by atoms with Crippen LogP contribution < -0.4 is 0 Å². The van der Waals surface area contributed by atoms with Crippen LogP contribution in [0.2, 0.25) is 0 Å². The third kappa shape index (κ3) is 2.08. The van der Waals surface area contributed by atoms with Gasteiger partial charge in [0.1, 0.15) is 11.3 Å². The van der Waals surface area contributed by atoms with E-state index in [2.05, 4.69) is 46.6 Å².